The van der Waals surface area contributed by atoms with Gasteiger partial charge in [0.15, 0.2) is 17.5 Å². The van der Waals surface area contributed by atoms with Gasteiger partial charge in [0.25, 0.3) is 0 Å². The molecule has 0 saturated carbocycles. The van der Waals surface area contributed by atoms with Gasteiger partial charge >= 0.3 is 0 Å². The molecule has 262 valence electrons. The first-order valence-electron chi connectivity index (χ1n) is 18.7. The van der Waals surface area contributed by atoms with Crippen molar-refractivity contribution < 1.29 is 8.83 Å². The fourth-order valence-electron chi connectivity index (χ4n) is 7.70. The summed E-state index contributed by atoms with van der Waals surface area (Å²) < 4.78 is 12.9. The summed E-state index contributed by atoms with van der Waals surface area (Å²) in [5, 5.41) is 4.17. The Morgan fingerprint density at radius 3 is 1.48 bits per heavy atom. The van der Waals surface area contributed by atoms with Crippen LogP contribution in [0.1, 0.15) is 0 Å². The predicted molar refractivity (Wildman–Crippen MR) is 227 cm³/mol. The Morgan fingerprint density at radius 2 is 0.768 bits per heavy atom. The van der Waals surface area contributed by atoms with Crippen LogP contribution in [0.15, 0.2) is 197 Å². The first-order chi connectivity index (χ1) is 27.7. The lowest BCUT2D eigenvalue weighted by atomic mass is 9.99. The topological polar surface area (TPSA) is 65.0 Å². The molecule has 56 heavy (non-hydrogen) atoms. The third-order valence-corrected chi connectivity index (χ3v) is 10.6. The Hall–Kier alpha value is -7.63. The second-order valence-corrected chi connectivity index (χ2v) is 14.0. The Kier molecular flexibility index (Phi) is 7.42. The molecule has 0 bridgehead atoms. The molecular weight excluding hydrogens is 687 g/mol. The largest absolute Gasteiger partial charge is 0.456 e. The van der Waals surface area contributed by atoms with Crippen LogP contribution in [0.25, 0.3) is 111 Å². The fraction of sp³-hybridized carbons (Fsp3) is 0. The molecule has 11 aromatic rings. The molecule has 0 atom stereocenters. The fourth-order valence-corrected chi connectivity index (χ4v) is 7.70. The van der Waals surface area contributed by atoms with Crippen LogP contribution < -0.4 is 0 Å². The van der Waals surface area contributed by atoms with Gasteiger partial charge in [-0.25, -0.2) is 15.0 Å². The highest BCUT2D eigenvalue weighted by Gasteiger charge is 2.19. The highest BCUT2D eigenvalue weighted by Crippen LogP contribution is 2.38. The standard InChI is InChI=1S/C51H31N3O2/c1-3-10-32(11-4-1)34-18-20-35(21-19-34)36-22-24-37(25-23-36)49-52-50(54-51(53-49)43-16-9-15-42-40-14-7-8-17-45(40)56-48(42)43)39-26-28-41-44-30-38(33-12-5-2-6-13-33)27-29-46(44)55-47(41)31-39/h1-31H. The van der Waals surface area contributed by atoms with Crippen LogP contribution in [0.3, 0.4) is 0 Å². The number of benzene rings is 8. The maximum absolute atomic E-state index is 6.45. The van der Waals surface area contributed by atoms with Crippen LogP contribution in [0.4, 0.5) is 0 Å². The Morgan fingerprint density at radius 1 is 0.268 bits per heavy atom. The summed E-state index contributed by atoms with van der Waals surface area (Å²) >= 11 is 0. The lowest BCUT2D eigenvalue weighted by molar-refractivity contribution is 0.668. The van der Waals surface area contributed by atoms with Gasteiger partial charge in [0, 0.05) is 32.7 Å². The first kappa shape index (κ1) is 31.9. The van der Waals surface area contributed by atoms with E-state index in [0.29, 0.717) is 17.5 Å². The Labute approximate surface area is 322 Å². The van der Waals surface area contributed by atoms with E-state index in [2.05, 4.69) is 133 Å². The van der Waals surface area contributed by atoms with Crippen LogP contribution in [0.2, 0.25) is 0 Å². The van der Waals surface area contributed by atoms with Gasteiger partial charge in [-0.05, 0) is 69.8 Å². The van der Waals surface area contributed by atoms with E-state index in [0.717, 1.165) is 77.3 Å². The monoisotopic (exact) mass is 717 g/mol. The molecule has 0 radical (unpaired) electrons. The molecule has 0 fully saturated rings. The molecule has 3 aromatic heterocycles. The number of furan rings is 2. The minimum Gasteiger partial charge on any atom is -0.456 e. The Bertz CT molecular complexity index is 3220. The zero-order chi connectivity index (χ0) is 37.0. The minimum atomic E-state index is 0.535. The summed E-state index contributed by atoms with van der Waals surface area (Å²) in [7, 11) is 0. The first-order valence-corrected chi connectivity index (χ1v) is 18.7. The van der Waals surface area contributed by atoms with Crippen LogP contribution in [0, 0.1) is 0 Å². The number of rotatable bonds is 6. The summed E-state index contributed by atoms with van der Waals surface area (Å²) in [6.45, 7) is 0. The summed E-state index contributed by atoms with van der Waals surface area (Å²) in [4.78, 5) is 15.3. The number of hydrogen-bond acceptors (Lipinski definition) is 5. The number of aromatic nitrogens is 3. The molecule has 0 aliphatic carbocycles. The van der Waals surface area contributed by atoms with Crippen molar-refractivity contribution in [2.24, 2.45) is 0 Å². The van der Waals surface area contributed by atoms with Gasteiger partial charge in [0.1, 0.15) is 22.3 Å². The van der Waals surface area contributed by atoms with E-state index in [1.54, 1.807) is 0 Å². The average Bonchev–Trinajstić information content (AvgIpc) is 3.85. The van der Waals surface area contributed by atoms with E-state index >= 15 is 0 Å². The molecule has 0 saturated heterocycles. The minimum absolute atomic E-state index is 0.535. The molecule has 0 aliphatic rings. The van der Waals surface area contributed by atoms with Crippen molar-refractivity contribution in [2.75, 3.05) is 0 Å². The maximum Gasteiger partial charge on any atom is 0.167 e. The van der Waals surface area contributed by atoms with Crippen molar-refractivity contribution in [3.63, 3.8) is 0 Å². The highest BCUT2D eigenvalue weighted by atomic mass is 16.3. The summed E-state index contributed by atoms with van der Waals surface area (Å²) in [5.41, 5.74) is 12.6. The molecule has 8 aromatic carbocycles. The van der Waals surface area contributed by atoms with Gasteiger partial charge in [-0.15, -0.1) is 0 Å². The molecule has 5 nitrogen and oxygen atoms in total. The Balaban J connectivity index is 1.02. The summed E-state index contributed by atoms with van der Waals surface area (Å²) in [5.74, 6) is 1.65. The van der Waals surface area contributed by atoms with Crippen molar-refractivity contribution in [2.45, 2.75) is 0 Å². The van der Waals surface area contributed by atoms with Gasteiger partial charge in [0.2, 0.25) is 0 Å². The van der Waals surface area contributed by atoms with Crippen molar-refractivity contribution in [1.29, 1.82) is 0 Å². The lowest BCUT2D eigenvalue weighted by Gasteiger charge is -2.10. The van der Waals surface area contributed by atoms with Crippen molar-refractivity contribution in [1.82, 2.24) is 15.0 Å². The van der Waals surface area contributed by atoms with Gasteiger partial charge in [-0.3, -0.25) is 0 Å². The molecule has 0 aliphatic heterocycles. The molecule has 0 spiro atoms. The van der Waals surface area contributed by atoms with Crippen LogP contribution in [-0.4, -0.2) is 15.0 Å². The van der Waals surface area contributed by atoms with Crippen LogP contribution in [0.5, 0.6) is 0 Å². The molecule has 11 rings (SSSR count). The van der Waals surface area contributed by atoms with E-state index in [1.807, 2.05) is 54.6 Å². The molecule has 3 heterocycles. The molecule has 0 unspecified atom stereocenters. The number of hydrogen-bond donors (Lipinski definition) is 0. The van der Waals surface area contributed by atoms with Gasteiger partial charge in [-0.1, -0.05) is 152 Å². The lowest BCUT2D eigenvalue weighted by Crippen LogP contribution is -2.00. The van der Waals surface area contributed by atoms with E-state index < -0.39 is 0 Å². The van der Waals surface area contributed by atoms with Crippen LogP contribution >= 0.6 is 0 Å². The second-order valence-electron chi connectivity index (χ2n) is 14.0. The molecule has 0 N–H and O–H groups in total. The van der Waals surface area contributed by atoms with E-state index in [9.17, 15) is 0 Å². The quantitative estimate of drug-likeness (QED) is 0.171. The third-order valence-electron chi connectivity index (χ3n) is 10.6. The van der Waals surface area contributed by atoms with Crippen molar-refractivity contribution in [3.8, 4) is 67.5 Å². The van der Waals surface area contributed by atoms with Crippen LogP contribution in [-0.2, 0) is 0 Å². The predicted octanol–water partition coefficient (Wildman–Crippen LogP) is 13.7. The molecule has 5 heteroatoms. The second kappa shape index (κ2) is 13.0. The van der Waals surface area contributed by atoms with E-state index in [1.165, 1.54) is 16.7 Å². The number of para-hydroxylation sites is 2. The zero-order valence-corrected chi connectivity index (χ0v) is 30.1. The summed E-state index contributed by atoms with van der Waals surface area (Å²) in [6, 6.07) is 64.7. The van der Waals surface area contributed by atoms with Gasteiger partial charge < -0.3 is 8.83 Å². The normalized spacial score (nSPS) is 11.6. The number of nitrogens with zero attached hydrogens (tertiary/aromatic N) is 3. The van der Waals surface area contributed by atoms with E-state index in [4.69, 9.17) is 23.8 Å². The third kappa shape index (κ3) is 5.53. The molecule has 0 amide bonds. The van der Waals surface area contributed by atoms with Crippen molar-refractivity contribution in [3.05, 3.63) is 188 Å². The zero-order valence-electron chi connectivity index (χ0n) is 30.1. The van der Waals surface area contributed by atoms with Gasteiger partial charge in [-0.2, -0.15) is 0 Å². The summed E-state index contributed by atoms with van der Waals surface area (Å²) in [6.07, 6.45) is 0. The SMILES string of the molecule is c1ccc(-c2ccc(-c3ccc(-c4nc(-c5ccc6c(c5)oc5ccc(-c7ccccc7)cc56)nc(-c5cccc6c5oc5ccccc56)n4)cc3)cc2)cc1. The van der Waals surface area contributed by atoms with Gasteiger partial charge in [0.05, 0.1) is 5.56 Å². The average molecular weight is 718 g/mol. The maximum atomic E-state index is 6.45. The van der Waals surface area contributed by atoms with Crippen molar-refractivity contribution >= 4 is 43.9 Å². The smallest absolute Gasteiger partial charge is 0.167 e. The molecular formula is C51H31N3O2. The highest BCUT2D eigenvalue weighted by molar-refractivity contribution is 6.09. The van der Waals surface area contributed by atoms with E-state index in [-0.39, 0.29) is 0 Å². The number of fused-ring (bicyclic) bond motifs is 6.